The Morgan fingerprint density at radius 2 is 2.29 bits per heavy atom. The summed E-state index contributed by atoms with van der Waals surface area (Å²) < 4.78 is 5.45. The van der Waals surface area contributed by atoms with Crippen molar-refractivity contribution in [2.75, 3.05) is 6.61 Å². The van der Waals surface area contributed by atoms with Gasteiger partial charge in [-0.15, -0.1) is 0 Å². The Balaban J connectivity index is 2.96. The van der Waals surface area contributed by atoms with Crippen molar-refractivity contribution in [3.8, 4) is 0 Å². The number of carboxylic acid groups (broad SMARTS) is 1. The average molecular weight is 201 g/mol. The summed E-state index contributed by atoms with van der Waals surface area (Å²) >= 11 is 0. The first-order valence-corrected chi connectivity index (χ1v) is 4.92. The van der Waals surface area contributed by atoms with Crippen LogP contribution in [0.15, 0.2) is 0 Å². The Morgan fingerprint density at radius 1 is 1.71 bits per heavy atom. The molecular formula is C10H19NO3. The van der Waals surface area contributed by atoms with Crippen LogP contribution in [0.25, 0.3) is 0 Å². The van der Waals surface area contributed by atoms with Gasteiger partial charge in [-0.1, -0.05) is 0 Å². The maximum absolute atomic E-state index is 10.8. The molecule has 0 aromatic heterocycles. The molecule has 1 rings (SSSR count). The monoisotopic (exact) mass is 201 g/mol. The number of ether oxygens (including phenoxy) is 1. The standard InChI is InChI=1S/C10H19NO3/c1-7-10(4-5-14-7,6-8(12)13)9(2,3)11/h7H,4-6,11H2,1-3H3,(H,12,13). The summed E-state index contributed by atoms with van der Waals surface area (Å²) in [6.07, 6.45) is 0.723. The van der Waals surface area contributed by atoms with Crippen LogP contribution < -0.4 is 5.73 Å². The maximum Gasteiger partial charge on any atom is 0.304 e. The Morgan fingerprint density at radius 3 is 2.57 bits per heavy atom. The minimum atomic E-state index is -0.805. The topological polar surface area (TPSA) is 72.5 Å². The lowest BCUT2D eigenvalue weighted by Gasteiger charge is -2.42. The Bertz CT molecular complexity index is 234. The van der Waals surface area contributed by atoms with E-state index in [1.807, 2.05) is 20.8 Å². The minimum absolute atomic E-state index is 0.0810. The number of hydrogen-bond donors (Lipinski definition) is 2. The first-order chi connectivity index (χ1) is 6.29. The molecule has 14 heavy (non-hydrogen) atoms. The van der Waals surface area contributed by atoms with Gasteiger partial charge in [-0.05, 0) is 27.2 Å². The van der Waals surface area contributed by atoms with E-state index in [9.17, 15) is 4.79 Å². The summed E-state index contributed by atoms with van der Waals surface area (Å²) in [5.41, 5.74) is 5.11. The summed E-state index contributed by atoms with van der Waals surface area (Å²) in [7, 11) is 0. The van der Waals surface area contributed by atoms with Crippen molar-refractivity contribution in [2.24, 2.45) is 11.1 Å². The zero-order chi connectivity index (χ0) is 11.0. The molecule has 0 bridgehead atoms. The maximum atomic E-state index is 10.8. The van der Waals surface area contributed by atoms with Gasteiger partial charge in [0.2, 0.25) is 0 Å². The van der Waals surface area contributed by atoms with Crippen molar-refractivity contribution in [3.63, 3.8) is 0 Å². The summed E-state index contributed by atoms with van der Waals surface area (Å²) in [6.45, 7) is 6.27. The SMILES string of the molecule is CC1OCCC1(CC(=O)O)C(C)(C)N. The fourth-order valence-electron chi connectivity index (χ4n) is 2.36. The molecule has 82 valence electrons. The van der Waals surface area contributed by atoms with Gasteiger partial charge < -0.3 is 15.6 Å². The largest absolute Gasteiger partial charge is 0.481 e. The second kappa shape index (κ2) is 3.51. The van der Waals surface area contributed by atoms with E-state index in [4.69, 9.17) is 15.6 Å². The smallest absolute Gasteiger partial charge is 0.304 e. The van der Waals surface area contributed by atoms with Crippen LogP contribution in [0, 0.1) is 5.41 Å². The fraction of sp³-hybridized carbons (Fsp3) is 0.900. The molecule has 4 heteroatoms. The van der Waals surface area contributed by atoms with Crippen LogP contribution in [-0.2, 0) is 9.53 Å². The molecule has 1 aliphatic rings. The molecule has 0 aromatic carbocycles. The van der Waals surface area contributed by atoms with Crippen LogP contribution in [0.4, 0.5) is 0 Å². The van der Waals surface area contributed by atoms with Gasteiger partial charge in [0, 0.05) is 17.6 Å². The van der Waals surface area contributed by atoms with Crippen LogP contribution in [-0.4, -0.2) is 29.3 Å². The summed E-state index contributed by atoms with van der Waals surface area (Å²) in [4.78, 5) is 10.8. The second-order valence-corrected chi connectivity index (χ2v) is 4.71. The molecule has 0 spiro atoms. The number of rotatable bonds is 3. The summed E-state index contributed by atoms with van der Waals surface area (Å²) in [5, 5.41) is 8.91. The normalized spacial score (nSPS) is 33.3. The molecule has 0 aliphatic carbocycles. The van der Waals surface area contributed by atoms with Crippen molar-refractivity contribution in [3.05, 3.63) is 0 Å². The zero-order valence-corrected chi connectivity index (χ0v) is 9.04. The lowest BCUT2D eigenvalue weighted by molar-refractivity contribution is -0.142. The van der Waals surface area contributed by atoms with E-state index in [2.05, 4.69) is 0 Å². The average Bonchev–Trinajstić information content (AvgIpc) is 2.30. The van der Waals surface area contributed by atoms with E-state index in [1.54, 1.807) is 0 Å². The van der Waals surface area contributed by atoms with Gasteiger partial charge in [0.05, 0.1) is 12.5 Å². The third-order valence-electron chi connectivity index (χ3n) is 3.44. The molecule has 1 aliphatic heterocycles. The molecule has 1 saturated heterocycles. The first-order valence-electron chi connectivity index (χ1n) is 4.92. The highest BCUT2D eigenvalue weighted by molar-refractivity contribution is 5.68. The van der Waals surface area contributed by atoms with E-state index >= 15 is 0 Å². The third-order valence-corrected chi connectivity index (χ3v) is 3.44. The molecule has 2 atom stereocenters. The summed E-state index contributed by atoms with van der Waals surface area (Å²) in [5.74, 6) is -0.805. The van der Waals surface area contributed by atoms with Crippen LogP contribution in [0.1, 0.15) is 33.6 Å². The lowest BCUT2D eigenvalue weighted by Crippen LogP contribution is -2.55. The Labute approximate surface area is 84.4 Å². The van der Waals surface area contributed by atoms with Crippen LogP contribution in [0.5, 0.6) is 0 Å². The predicted octanol–water partition coefficient (Wildman–Crippen LogP) is 0.994. The predicted molar refractivity (Wildman–Crippen MR) is 53.0 cm³/mol. The zero-order valence-electron chi connectivity index (χ0n) is 9.04. The van der Waals surface area contributed by atoms with Crippen LogP contribution in [0.2, 0.25) is 0 Å². The van der Waals surface area contributed by atoms with E-state index in [0.717, 1.165) is 6.42 Å². The van der Waals surface area contributed by atoms with Crippen LogP contribution in [0.3, 0.4) is 0 Å². The molecule has 0 aromatic rings. The number of aliphatic carboxylic acids is 1. The molecule has 4 nitrogen and oxygen atoms in total. The van der Waals surface area contributed by atoms with Crippen molar-refractivity contribution < 1.29 is 14.6 Å². The third kappa shape index (κ3) is 1.77. The minimum Gasteiger partial charge on any atom is -0.481 e. The van der Waals surface area contributed by atoms with E-state index in [-0.39, 0.29) is 12.5 Å². The number of carboxylic acids is 1. The van der Waals surface area contributed by atoms with Gasteiger partial charge in [-0.3, -0.25) is 4.79 Å². The van der Waals surface area contributed by atoms with Gasteiger partial charge in [-0.2, -0.15) is 0 Å². The first kappa shape index (κ1) is 11.5. The number of hydrogen-bond acceptors (Lipinski definition) is 3. The number of carbonyl (C=O) groups is 1. The van der Waals surface area contributed by atoms with Gasteiger partial charge in [-0.25, -0.2) is 0 Å². The molecule has 1 heterocycles. The molecule has 3 N–H and O–H groups in total. The molecule has 0 amide bonds. The van der Waals surface area contributed by atoms with E-state index in [0.29, 0.717) is 6.61 Å². The number of nitrogens with two attached hydrogens (primary N) is 1. The van der Waals surface area contributed by atoms with Crippen molar-refractivity contribution in [1.29, 1.82) is 0 Å². The van der Waals surface area contributed by atoms with Gasteiger partial charge in [0.15, 0.2) is 0 Å². The molecule has 1 fully saturated rings. The second-order valence-electron chi connectivity index (χ2n) is 4.71. The van der Waals surface area contributed by atoms with Crippen molar-refractivity contribution in [2.45, 2.75) is 45.3 Å². The van der Waals surface area contributed by atoms with Gasteiger partial charge in [0.1, 0.15) is 0 Å². The quantitative estimate of drug-likeness (QED) is 0.714. The van der Waals surface area contributed by atoms with E-state index in [1.165, 1.54) is 0 Å². The van der Waals surface area contributed by atoms with Gasteiger partial charge >= 0.3 is 5.97 Å². The van der Waals surface area contributed by atoms with Crippen LogP contribution >= 0.6 is 0 Å². The molecule has 2 unspecified atom stereocenters. The van der Waals surface area contributed by atoms with Gasteiger partial charge in [0.25, 0.3) is 0 Å². The van der Waals surface area contributed by atoms with E-state index < -0.39 is 16.9 Å². The van der Waals surface area contributed by atoms with Crippen molar-refractivity contribution >= 4 is 5.97 Å². The highest BCUT2D eigenvalue weighted by atomic mass is 16.5. The Hall–Kier alpha value is -0.610. The lowest BCUT2D eigenvalue weighted by atomic mass is 9.65. The molecular weight excluding hydrogens is 182 g/mol. The summed E-state index contributed by atoms with van der Waals surface area (Å²) in [6, 6.07) is 0. The highest BCUT2D eigenvalue weighted by Gasteiger charge is 2.51. The molecule has 0 radical (unpaired) electrons. The Kier molecular flexibility index (Phi) is 2.88. The molecule has 0 saturated carbocycles. The fourth-order valence-corrected chi connectivity index (χ4v) is 2.36. The highest BCUT2D eigenvalue weighted by Crippen LogP contribution is 2.45. The van der Waals surface area contributed by atoms with Crippen molar-refractivity contribution in [1.82, 2.24) is 0 Å².